The zero-order valence-corrected chi connectivity index (χ0v) is 14.1. The molecule has 2 saturated heterocycles. The van der Waals surface area contributed by atoms with Crippen molar-refractivity contribution >= 4 is 17.7 Å². The Kier molecular flexibility index (Phi) is 6.64. The molecule has 2 heterocycles. The third kappa shape index (κ3) is 5.34. The highest BCUT2D eigenvalue weighted by atomic mass is 32.2. The van der Waals surface area contributed by atoms with Crippen LogP contribution in [0.2, 0.25) is 0 Å². The van der Waals surface area contributed by atoms with Crippen LogP contribution >= 0.6 is 11.8 Å². The largest absolute Gasteiger partial charge is 0.387 e. The van der Waals surface area contributed by atoms with Crippen molar-refractivity contribution in [2.24, 2.45) is 10.9 Å². The summed E-state index contributed by atoms with van der Waals surface area (Å²) in [6.07, 6.45) is 4.40. The Labute approximate surface area is 132 Å². The van der Waals surface area contributed by atoms with Crippen molar-refractivity contribution in [3.8, 4) is 0 Å². The van der Waals surface area contributed by atoms with Crippen molar-refractivity contribution in [2.75, 3.05) is 51.9 Å². The summed E-state index contributed by atoms with van der Waals surface area (Å²) in [5.41, 5.74) is -0.567. The smallest absolute Gasteiger partial charge is 0.193 e. The number of hydrogen-bond acceptors (Lipinski definition) is 4. The molecule has 6 heteroatoms. The monoisotopic (exact) mass is 315 g/mol. The van der Waals surface area contributed by atoms with E-state index in [0.29, 0.717) is 6.54 Å². The van der Waals surface area contributed by atoms with E-state index in [9.17, 15) is 5.11 Å². The highest BCUT2D eigenvalue weighted by Crippen LogP contribution is 2.27. The zero-order valence-electron chi connectivity index (χ0n) is 13.3. The second-order valence-corrected chi connectivity index (χ2v) is 7.30. The average molecular weight is 315 g/mol. The number of guanidine groups is 1. The van der Waals surface area contributed by atoms with Crippen molar-refractivity contribution in [2.45, 2.75) is 31.3 Å². The minimum atomic E-state index is -0.567. The molecule has 0 aromatic heterocycles. The minimum Gasteiger partial charge on any atom is -0.387 e. The lowest BCUT2D eigenvalue weighted by atomic mass is 9.96. The number of aliphatic imine (C=N–C) groups is 1. The van der Waals surface area contributed by atoms with E-state index in [1.165, 1.54) is 19.3 Å². The molecule has 122 valence electrons. The molecular weight excluding hydrogens is 286 g/mol. The molecule has 0 spiro atoms. The first-order valence-electron chi connectivity index (χ1n) is 7.93. The summed E-state index contributed by atoms with van der Waals surface area (Å²) < 4.78 is 5.40. The van der Waals surface area contributed by atoms with E-state index in [0.717, 1.165) is 49.6 Å². The molecule has 1 unspecified atom stereocenters. The van der Waals surface area contributed by atoms with E-state index in [1.54, 1.807) is 7.05 Å². The second kappa shape index (κ2) is 8.25. The van der Waals surface area contributed by atoms with Gasteiger partial charge in [-0.3, -0.25) is 4.99 Å². The summed E-state index contributed by atoms with van der Waals surface area (Å²) in [5, 5.41) is 13.7. The van der Waals surface area contributed by atoms with Crippen molar-refractivity contribution in [1.82, 2.24) is 10.2 Å². The van der Waals surface area contributed by atoms with Gasteiger partial charge >= 0.3 is 0 Å². The van der Waals surface area contributed by atoms with E-state index in [4.69, 9.17) is 4.74 Å². The number of nitrogens with one attached hydrogen (secondary N) is 1. The molecule has 2 aliphatic heterocycles. The number of hydrogen-bond donors (Lipinski definition) is 2. The molecule has 2 fully saturated rings. The Balaban J connectivity index is 1.71. The van der Waals surface area contributed by atoms with Crippen LogP contribution in [0.4, 0.5) is 0 Å². The van der Waals surface area contributed by atoms with Gasteiger partial charge in [-0.05, 0) is 37.4 Å². The van der Waals surface area contributed by atoms with Gasteiger partial charge in [0.1, 0.15) is 0 Å². The van der Waals surface area contributed by atoms with E-state index >= 15 is 0 Å². The van der Waals surface area contributed by atoms with Crippen molar-refractivity contribution < 1.29 is 9.84 Å². The van der Waals surface area contributed by atoms with Gasteiger partial charge in [0.05, 0.1) is 5.60 Å². The highest BCUT2D eigenvalue weighted by Gasteiger charge is 2.31. The van der Waals surface area contributed by atoms with Crippen LogP contribution in [0.25, 0.3) is 0 Å². The fourth-order valence-electron chi connectivity index (χ4n) is 2.88. The molecule has 0 bridgehead atoms. The average Bonchev–Trinajstić information content (AvgIpc) is 2.94. The molecule has 2 rings (SSSR count). The van der Waals surface area contributed by atoms with E-state index in [-0.39, 0.29) is 0 Å². The summed E-state index contributed by atoms with van der Waals surface area (Å²) in [6, 6.07) is 0. The van der Waals surface area contributed by atoms with Crippen LogP contribution in [-0.4, -0.2) is 73.5 Å². The summed E-state index contributed by atoms with van der Waals surface area (Å²) in [7, 11) is 3.88. The molecular formula is C15H29N3O2S. The fraction of sp³-hybridized carbons (Fsp3) is 0.933. The van der Waals surface area contributed by atoms with Gasteiger partial charge in [-0.2, -0.15) is 11.8 Å². The lowest BCUT2D eigenvalue weighted by Crippen LogP contribution is -2.48. The number of nitrogens with zero attached hydrogens (tertiary/aromatic N) is 2. The fourth-order valence-corrected chi connectivity index (χ4v) is 4.18. The van der Waals surface area contributed by atoms with Gasteiger partial charge < -0.3 is 20.1 Å². The lowest BCUT2D eigenvalue weighted by Gasteiger charge is -2.29. The SMILES string of the molecule is CN=C(NCC1(O)CCSC1)N(C)CCC1CCOCC1. The molecule has 0 aliphatic carbocycles. The van der Waals surface area contributed by atoms with Crippen LogP contribution in [0.3, 0.4) is 0 Å². The van der Waals surface area contributed by atoms with E-state index in [1.807, 2.05) is 11.8 Å². The van der Waals surface area contributed by atoms with Crippen LogP contribution in [0.5, 0.6) is 0 Å². The van der Waals surface area contributed by atoms with Gasteiger partial charge in [-0.25, -0.2) is 0 Å². The predicted octanol–water partition coefficient (Wildman–Crippen LogP) is 1.18. The van der Waals surface area contributed by atoms with Crippen LogP contribution in [-0.2, 0) is 4.74 Å². The Morgan fingerprint density at radius 1 is 1.48 bits per heavy atom. The highest BCUT2D eigenvalue weighted by molar-refractivity contribution is 7.99. The van der Waals surface area contributed by atoms with Crippen LogP contribution < -0.4 is 5.32 Å². The van der Waals surface area contributed by atoms with Gasteiger partial charge in [-0.15, -0.1) is 0 Å². The Morgan fingerprint density at radius 3 is 2.86 bits per heavy atom. The molecule has 0 amide bonds. The number of thioether (sulfide) groups is 1. The quantitative estimate of drug-likeness (QED) is 0.589. The molecule has 2 aliphatic rings. The maximum Gasteiger partial charge on any atom is 0.193 e. The maximum absolute atomic E-state index is 10.4. The van der Waals surface area contributed by atoms with Gasteiger partial charge in [0.25, 0.3) is 0 Å². The topological polar surface area (TPSA) is 57.1 Å². The number of rotatable bonds is 5. The summed E-state index contributed by atoms with van der Waals surface area (Å²) >= 11 is 1.82. The third-order valence-corrected chi connectivity index (χ3v) is 5.68. The van der Waals surface area contributed by atoms with Crippen LogP contribution in [0, 0.1) is 5.92 Å². The number of aliphatic hydroxyl groups is 1. The summed E-state index contributed by atoms with van der Waals surface area (Å²) in [6.45, 7) is 3.41. The summed E-state index contributed by atoms with van der Waals surface area (Å²) in [5.74, 6) is 3.53. The van der Waals surface area contributed by atoms with Crippen LogP contribution in [0.15, 0.2) is 4.99 Å². The molecule has 5 nitrogen and oxygen atoms in total. The normalized spacial score (nSPS) is 27.9. The first-order valence-corrected chi connectivity index (χ1v) is 9.08. The molecule has 2 N–H and O–H groups in total. The first kappa shape index (κ1) is 16.9. The van der Waals surface area contributed by atoms with Gasteiger partial charge in [0.2, 0.25) is 0 Å². The van der Waals surface area contributed by atoms with Crippen molar-refractivity contribution in [3.05, 3.63) is 0 Å². The zero-order chi connectivity index (χ0) is 15.1. The van der Waals surface area contributed by atoms with Crippen molar-refractivity contribution in [1.29, 1.82) is 0 Å². The number of ether oxygens (including phenoxy) is 1. The van der Waals surface area contributed by atoms with Gasteiger partial charge in [0.15, 0.2) is 5.96 Å². The van der Waals surface area contributed by atoms with Crippen molar-refractivity contribution in [3.63, 3.8) is 0 Å². The van der Waals surface area contributed by atoms with E-state index in [2.05, 4.69) is 22.3 Å². The Bertz CT molecular complexity index is 340. The minimum absolute atomic E-state index is 0.567. The molecule has 1 atom stereocenters. The van der Waals surface area contributed by atoms with Crippen LogP contribution in [0.1, 0.15) is 25.7 Å². The molecule has 0 radical (unpaired) electrons. The Morgan fingerprint density at radius 2 is 2.24 bits per heavy atom. The third-order valence-electron chi connectivity index (χ3n) is 4.45. The molecule has 0 aromatic carbocycles. The molecule has 0 saturated carbocycles. The molecule has 21 heavy (non-hydrogen) atoms. The second-order valence-electron chi connectivity index (χ2n) is 6.19. The van der Waals surface area contributed by atoms with Gasteiger partial charge in [-0.1, -0.05) is 0 Å². The lowest BCUT2D eigenvalue weighted by molar-refractivity contribution is 0.0620. The maximum atomic E-state index is 10.4. The Hall–Kier alpha value is -0.460. The van der Waals surface area contributed by atoms with Gasteiger partial charge in [0, 0.05) is 46.2 Å². The van der Waals surface area contributed by atoms with E-state index < -0.39 is 5.60 Å². The molecule has 0 aromatic rings. The predicted molar refractivity (Wildman–Crippen MR) is 89.0 cm³/mol. The summed E-state index contributed by atoms with van der Waals surface area (Å²) in [4.78, 5) is 6.50. The standard InChI is InChI=1S/C15H29N3O2S/c1-16-14(17-11-15(19)6-10-21-12-15)18(2)7-3-13-4-8-20-9-5-13/h13,19H,3-12H2,1-2H3,(H,16,17). The first-order chi connectivity index (χ1) is 10.1.